The monoisotopic (exact) mass is 436 g/mol. The lowest BCUT2D eigenvalue weighted by Gasteiger charge is -2.36. The summed E-state index contributed by atoms with van der Waals surface area (Å²) in [5.41, 5.74) is 3.54. The Hall–Kier alpha value is -3.16. The number of aliphatic carboxylic acids is 1. The number of hydrogen-bond donors (Lipinski definition) is 3. The first kappa shape index (κ1) is 22.5. The van der Waals surface area contributed by atoms with Crippen molar-refractivity contribution in [1.29, 1.82) is 0 Å². The molecule has 6 nitrogen and oxygen atoms in total. The smallest absolute Gasteiger partial charge is 0.327 e. The van der Waals surface area contributed by atoms with E-state index in [4.69, 9.17) is 0 Å². The number of aromatic nitrogens is 1. The Morgan fingerprint density at radius 1 is 1.00 bits per heavy atom. The van der Waals surface area contributed by atoms with Crippen LogP contribution in [0, 0.1) is 0 Å². The number of carboxylic acid groups (broad SMARTS) is 1. The Balaban J connectivity index is 2.17. The van der Waals surface area contributed by atoms with Gasteiger partial charge in [0.1, 0.15) is 6.04 Å². The maximum atomic E-state index is 11.8. The molecule has 3 N–H and O–H groups in total. The van der Waals surface area contributed by atoms with E-state index in [1.54, 1.807) is 12.4 Å². The van der Waals surface area contributed by atoms with Crippen LogP contribution in [-0.2, 0) is 20.9 Å². The zero-order valence-corrected chi connectivity index (χ0v) is 17.9. The van der Waals surface area contributed by atoms with Crippen LogP contribution in [0.1, 0.15) is 29.2 Å². The number of benzene rings is 2. The standard InChI is InChI=1S/C24H24N2O4S/c1-17(28)26-22(23(29)30)16-31-24(19-6-3-2-4-7-19,21-8-5-13-25-14-21)20-11-9-18(15-27)10-12-20/h2-14,22,27H,15-16H2,1H3,(H,26,28)(H,29,30)/t22-,24?/m0/s1. The quantitative estimate of drug-likeness (QED) is 0.476. The van der Waals surface area contributed by atoms with E-state index in [9.17, 15) is 19.8 Å². The topological polar surface area (TPSA) is 99.5 Å². The maximum absolute atomic E-state index is 11.8. The molecule has 0 radical (unpaired) electrons. The predicted molar refractivity (Wildman–Crippen MR) is 121 cm³/mol. The number of pyridine rings is 1. The Labute approximate surface area is 185 Å². The lowest BCUT2D eigenvalue weighted by Crippen LogP contribution is -2.42. The van der Waals surface area contributed by atoms with Gasteiger partial charge in [-0.05, 0) is 28.3 Å². The Kier molecular flexibility index (Phi) is 7.44. The number of aliphatic hydroxyl groups is 1. The Morgan fingerprint density at radius 2 is 1.65 bits per heavy atom. The van der Waals surface area contributed by atoms with Gasteiger partial charge in [-0.2, -0.15) is 0 Å². The molecule has 0 spiro atoms. The zero-order chi connectivity index (χ0) is 22.3. The minimum atomic E-state index is -1.09. The summed E-state index contributed by atoms with van der Waals surface area (Å²) in [7, 11) is 0. The molecule has 3 rings (SSSR count). The molecule has 0 saturated carbocycles. The summed E-state index contributed by atoms with van der Waals surface area (Å²) in [6.45, 7) is 1.24. The van der Waals surface area contributed by atoms with E-state index in [1.165, 1.54) is 18.7 Å². The van der Waals surface area contributed by atoms with Gasteiger partial charge in [0, 0.05) is 25.1 Å². The van der Waals surface area contributed by atoms with Crippen molar-refractivity contribution in [3.05, 3.63) is 101 Å². The molecular weight excluding hydrogens is 412 g/mol. The number of carbonyl (C=O) groups excluding carboxylic acids is 1. The summed E-state index contributed by atoms with van der Waals surface area (Å²) in [5.74, 6) is -1.35. The third-order valence-electron chi connectivity index (χ3n) is 4.93. The molecule has 31 heavy (non-hydrogen) atoms. The SMILES string of the molecule is CC(=O)N[C@@H](CSC(c1ccccc1)(c1ccc(CO)cc1)c1cccnc1)C(=O)O. The first-order valence-corrected chi connectivity index (χ1v) is 10.8. The number of amides is 1. The molecule has 1 heterocycles. The number of carbonyl (C=O) groups is 2. The molecule has 0 aliphatic carbocycles. The average Bonchev–Trinajstić information content (AvgIpc) is 2.80. The first-order chi connectivity index (χ1) is 15.0. The van der Waals surface area contributed by atoms with Gasteiger partial charge in [-0.25, -0.2) is 4.79 Å². The van der Waals surface area contributed by atoms with E-state index >= 15 is 0 Å². The molecule has 3 aromatic rings. The van der Waals surface area contributed by atoms with Gasteiger partial charge in [-0.3, -0.25) is 9.78 Å². The van der Waals surface area contributed by atoms with Crippen LogP contribution < -0.4 is 5.32 Å². The fraction of sp³-hybridized carbons (Fsp3) is 0.208. The second kappa shape index (κ2) is 10.2. The van der Waals surface area contributed by atoms with Gasteiger partial charge < -0.3 is 15.5 Å². The lowest BCUT2D eigenvalue weighted by molar-refractivity contribution is -0.140. The van der Waals surface area contributed by atoms with E-state index in [0.29, 0.717) is 0 Å². The van der Waals surface area contributed by atoms with Crippen LogP contribution >= 0.6 is 11.8 Å². The number of nitrogens with one attached hydrogen (secondary N) is 1. The van der Waals surface area contributed by atoms with Gasteiger partial charge in [0.15, 0.2) is 0 Å². The highest BCUT2D eigenvalue weighted by atomic mass is 32.2. The van der Waals surface area contributed by atoms with Crippen LogP contribution in [0.25, 0.3) is 0 Å². The summed E-state index contributed by atoms with van der Waals surface area (Å²) in [6.07, 6.45) is 3.46. The number of aliphatic hydroxyl groups excluding tert-OH is 1. The number of hydrogen-bond acceptors (Lipinski definition) is 5. The van der Waals surface area contributed by atoms with E-state index < -0.39 is 22.7 Å². The normalized spacial score (nSPS) is 13.7. The van der Waals surface area contributed by atoms with Crippen LogP contribution in [0.15, 0.2) is 79.1 Å². The molecule has 0 aliphatic heterocycles. The summed E-state index contributed by atoms with van der Waals surface area (Å²) in [4.78, 5) is 27.6. The number of thioether (sulfide) groups is 1. The highest BCUT2D eigenvalue weighted by Crippen LogP contribution is 2.48. The summed E-state index contributed by atoms with van der Waals surface area (Å²) >= 11 is 1.42. The highest BCUT2D eigenvalue weighted by Gasteiger charge is 2.38. The Morgan fingerprint density at radius 3 is 2.19 bits per heavy atom. The van der Waals surface area contributed by atoms with Crippen molar-refractivity contribution in [3.8, 4) is 0 Å². The van der Waals surface area contributed by atoms with Crippen LogP contribution in [0.5, 0.6) is 0 Å². The van der Waals surface area contributed by atoms with E-state index in [1.807, 2.05) is 66.7 Å². The maximum Gasteiger partial charge on any atom is 0.327 e. The van der Waals surface area contributed by atoms with Crippen LogP contribution in [0.3, 0.4) is 0 Å². The summed E-state index contributed by atoms with van der Waals surface area (Å²) in [6, 6.07) is 20.1. The average molecular weight is 437 g/mol. The molecule has 2 atom stereocenters. The molecule has 1 amide bonds. The van der Waals surface area contributed by atoms with E-state index in [0.717, 1.165) is 22.3 Å². The van der Waals surface area contributed by atoms with E-state index in [-0.39, 0.29) is 12.4 Å². The summed E-state index contributed by atoms with van der Waals surface area (Å²) in [5, 5.41) is 21.6. The summed E-state index contributed by atoms with van der Waals surface area (Å²) < 4.78 is -0.768. The largest absolute Gasteiger partial charge is 0.480 e. The first-order valence-electron chi connectivity index (χ1n) is 9.77. The van der Waals surface area contributed by atoms with Crippen molar-refractivity contribution in [3.63, 3.8) is 0 Å². The zero-order valence-electron chi connectivity index (χ0n) is 17.1. The third kappa shape index (κ3) is 5.13. The van der Waals surface area contributed by atoms with Crippen molar-refractivity contribution in [2.24, 2.45) is 0 Å². The molecule has 160 valence electrons. The number of carboxylic acids is 1. The number of rotatable bonds is 9. The molecule has 0 aliphatic rings. The van der Waals surface area contributed by atoms with Crippen molar-refractivity contribution in [2.45, 2.75) is 24.3 Å². The van der Waals surface area contributed by atoms with Gasteiger partial charge in [0.2, 0.25) is 5.91 Å². The van der Waals surface area contributed by atoms with Crippen molar-refractivity contribution in [2.75, 3.05) is 5.75 Å². The molecule has 1 aromatic heterocycles. The molecule has 2 aromatic carbocycles. The van der Waals surface area contributed by atoms with Crippen molar-refractivity contribution < 1.29 is 19.8 Å². The highest BCUT2D eigenvalue weighted by molar-refractivity contribution is 8.00. The molecule has 7 heteroatoms. The van der Waals surface area contributed by atoms with Crippen LogP contribution in [-0.4, -0.2) is 38.9 Å². The fourth-order valence-corrected chi connectivity index (χ4v) is 5.00. The minimum Gasteiger partial charge on any atom is -0.480 e. The van der Waals surface area contributed by atoms with Gasteiger partial charge in [-0.15, -0.1) is 11.8 Å². The minimum absolute atomic E-state index is 0.0672. The lowest BCUT2D eigenvalue weighted by atomic mass is 9.84. The third-order valence-corrected chi connectivity index (χ3v) is 6.57. The van der Waals surface area contributed by atoms with Crippen molar-refractivity contribution >= 4 is 23.6 Å². The van der Waals surface area contributed by atoms with E-state index in [2.05, 4.69) is 10.3 Å². The molecular formula is C24H24N2O4S. The van der Waals surface area contributed by atoms with Crippen LogP contribution in [0.2, 0.25) is 0 Å². The molecule has 0 bridgehead atoms. The van der Waals surface area contributed by atoms with Crippen molar-refractivity contribution in [1.82, 2.24) is 10.3 Å². The second-order valence-corrected chi connectivity index (χ2v) is 8.28. The van der Waals surface area contributed by atoms with Gasteiger partial charge in [0.25, 0.3) is 0 Å². The predicted octanol–water partition coefficient (Wildman–Crippen LogP) is 3.19. The molecule has 0 saturated heterocycles. The van der Waals surface area contributed by atoms with Gasteiger partial charge in [-0.1, -0.05) is 60.7 Å². The van der Waals surface area contributed by atoms with Crippen LogP contribution in [0.4, 0.5) is 0 Å². The second-order valence-electron chi connectivity index (χ2n) is 7.05. The van der Waals surface area contributed by atoms with Gasteiger partial charge in [0.05, 0.1) is 11.4 Å². The molecule has 1 unspecified atom stereocenters. The van der Waals surface area contributed by atoms with Gasteiger partial charge >= 0.3 is 5.97 Å². The number of nitrogens with zero attached hydrogens (tertiary/aromatic N) is 1. The fourth-order valence-electron chi connectivity index (χ4n) is 3.47. The Bertz CT molecular complexity index is 971. The molecule has 0 fully saturated rings.